The Morgan fingerprint density at radius 3 is 2.85 bits per heavy atom. The molecule has 1 aromatic carbocycles. The lowest BCUT2D eigenvalue weighted by Gasteiger charge is -2.12. The molecule has 3 N–H and O–H groups in total. The molecule has 0 aliphatic carbocycles. The van der Waals surface area contributed by atoms with Crippen LogP contribution in [0.25, 0.3) is 0 Å². The number of hydrogen-bond acceptors (Lipinski definition) is 8. The van der Waals surface area contributed by atoms with Crippen LogP contribution in [0.15, 0.2) is 54.1 Å². The minimum atomic E-state index is 0.273. The quantitative estimate of drug-likeness (QED) is 0.474. The Morgan fingerprint density at radius 1 is 1.22 bits per heavy atom. The normalized spacial score (nSPS) is 10.7. The van der Waals surface area contributed by atoms with Crippen molar-refractivity contribution in [3.05, 3.63) is 65.2 Å². The number of aromatic nitrogens is 3. The largest absolute Gasteiger partial charge is 0.486 e. The predicted molar refractivity (Wildman–Crippen MR) is 104 cm³/mol. The summed E-state index contributed by atoms with van der Waals surface area (Å²) < 4.78 is 5.72. The van der Waals surface area contributed by atoms with E-state index in [1.807, 2.05) is 24.3 Å². The molecule has 8 nitrogen and oxygen atoms in total. The maximum atomic E-state index is 6.33. The van der Waals surface area contributed by atoms with E-state index in [9.17, 15) is 0 Å². The summed E-state index contributed by atoms with van der Waals surface area (Å²) >= 11 is 6.33. The lowest BCUT2D eigenvalue weighted by molar-refractivity contribution is 0.215. The van der Waals surface area contributed by atoms with Crippen molar-refractivity contribution in [2.75, 3.05) is 18.2 Å². The van der Waals surface area contributed by atoms with Crippen molar-refractivity contribution in [2.24, 2.45) is 5.16 Å². The molecular weight excluding hydrogens is 368 g/mol. The van der Waals surface area contributed by atoms with Crippen molar-refractivity contribution in [1.82, 2.24) is 15.0 Å². The van der Waals surface area contributed by atoms with Crippen LogP contribution in [-0.2, 0) is 11.4 Å². The second-order valence-corrected chi connectivity index (χ2v) is 5.73. The van der Waals surface area contributed by atoms with Gasteiger partial charge in [-0.2, -0.15) is 0 Å². The SMILES string of the molecule is CO/N=C/c1c(N)ncnc1Nc1ccc(OCc2ccccn2)c(Cl)c1. The third-order valence-corrected chi connectivity index (χ3v) is 3.79. The van der Waals surface area contributed by atoms with Gasteiger partial charge < -0.3 is 20.6 Å². The van der Waals surface area contributed by atoms with Crippen molar-refractivity contribution in [1.29, 1.82) is 0 Å². The van der Waals surface area contributed by atoms with Crippen LogP contribution in [-0.4, -0.2) is 28.3 Å². The molecule has 0 aliphatic rings. The Bertz CT molecular complexity index is 936. The number of hydrogen-bond donors (Lipinski definition) is 2. The fourth-order valence-corrected chi connectivity index (χ4v) is 2.44. The van der Waals surface area contributed by atoms with Crippen molar-refractivity contribution < 1.29 is 9.57 Å². The molecule has 0 saturated heterocycles. The summed E-state index contributed by atoms with van der Waals surface area (Å²) in [6.45, 7) is 0.327. The van der Waals surface area contributed by atoms with E-state index in [0.29, 0.717) is 34.4 Å². The summed E-state index contributed by atoms with van der Waals surface area (Å²) in [7, 11) is 1.44. The molecule has 27 heavy (non-hydrogen) atoms. The number of oxime groups is 1. The van der Waals surface area contributed by atoms with Crippen LogP contribution >= 0.6 is 11.6 Å². The zero-order chi connectivity index (χ0) is 19.1. The zero-order valence-corrected chi connectivity index (χ0v) is 15.2. The summed E-state index contributed by atoms with van der Waals surface area (Å²) in [5, 5.41) is 7.30. The lowest BCUT2D eigenvalue weighted by Crippen LogP contribution is -2.05. The molecule has 0 fully saturated rings. The minimum absolute atomic E-state index is 0.273. The molecule has 0 aliphatic heterocycles. The van der Waals surface area contributed by atoms with Crippen LogP contribution in [0.2, 0.25) is 5.02 Å². The molecule has 3 rings (SSSR count). The molecule has 138 valence electrons. The average molecular weight is 385 g/mol. The first-order chi connectivity index (χ1) is 13.2. The first-order valence-corrected chi connectivity index (χ1v) is 8.31. The molecule has 0 bridgehead atoms. The van der Waals surface area contributed by atoms with Gasteiger partial charge in [-0.3, -0.25) is 4.98 Å². The van der Waals surface area contributed by atoms with Crippen molar-refractivity contribution in [3.8, 4) is 5.75 Å². The van der Waals surface area contributed by atoms with Gasteiger partial charge in [-0.15, -0.1) is 0 Å². The minimum Gasteiger partial charge on any atom is -0.486 e. The highest BCUT2D eigenvalue weighted by atomic mass is 35.5. The number of nitrogens with zero attached hydrogens (tertiary/aromatic N) is 4. The predicted octanol–water partition coefficient (Wildman–Crippen LogP) is 3.41. The fourth-order valence-electron chi connectivity index (χ4n) is 2.21. The van der Waals surface area contributed by atoms with Gasteiger partial charge in [0.1, 0.15) is 37.4 Å². The van der Waals surface area contributed by atoms with E-state index in [0.717, 1.165) is 5.69 Å². The molecule has 0 saturated carbocycles. The number of benzene rings is 1. The average Bonchev–Trinajstić information content (AvgIpc) is 2.68. The standard InChI is InChI=1S/C18H17ClN6O2/c1-26-24-9-14-17(20)22-11-23-18(14)25-12-5-6-16(15(19)8-12)27-10-13-4-2-3-7-21-13/h2-9,11H,10H2,1H3,(H3,20,22,23,25)/b24-9+. The molecule has 0 radical (unpaired) electrons. The van der Waals surface area contributed by atoms with E-state index < -0.39 is 0 Å². The summed E-state index contributed by atoms with van der Waals surface area (Å²) in [6, 6.07) is 10.9. The van der Waals surface area contributed by atoms with Crippen molar-refractivity contribution in [2.45, 2.75) is 6.61 Å². The Kier molecular flexibility index (Phi) is 6.01. The number of nitrogens with one attached hydrogen (secondary N) is 1. The summed E-state index contributed by atoms with van der Waals surface area (Å²) in [5.74, 6) is 1.30. The monoisotopic (exact) mass is 384 g/mol. The van der Waals surface area contributed by atoms with E-state index in [2.05, 4.69) is 25.4 Å². The van der Waals surface area contributed by atoms with Gasteiger partial charge in [0.25, 0.3) is 0 Å². The highest BCUT2D eigenvalue weighted by Gasteiger charge is 2.10. The van der Waals surface area contributed by atoms with E-state index >= 15 is 0 Å². The molecule has 0 unspecified atom stereocenters. The van der Waals surface area contributed by atoms with Crippen LogP contribution in [0.3, 0.4) is 0 Å². The van der Waals surface area contributed by atoms with E-state index in [1.54, 1.807) is 18.3 Å². The topological polar surface area (TPSA) is 108 Å². The van der Waals surface area contributed by atoms with Crippen LogP contribution in [0.1, 0.15) is 11.3 Å². The van der Waals surface area contributed by atoms with E-state index in [1.165, 1.54) is 19.7 Å². The van der Waals surface area contributed by atoms with Crippen molar-refractivity contribution in [3.63, 3.8) is 0 Å². The summed E-state index contributed by atoms with van der Waals surface area (Å²) in [4.78, 5) is 17.0. The maximum absolute atomic E-state index is 6.33. The molecule has 9 heteroatoms. The highest BCUT2D eigenvalue weighted by molar-refractivity contribution is 6.32. The van der Waals surface area contributed by atoms with Gasteiger partial charge in [0.2, 0.25) is 0 Å². The Balaban J connectivity index is 1.75. The highest BCUT2D eigenvalue weighted by Crippen LogP contribution is 2.30. The van der Waals surface area contributed by atoms with Gasteiger partial charge in [0.15, 0.2) is 0 Å². The van der Waals surface area contributed by atoms with Crippen LogP contribution in [0.5, 0.6) is 5.75 Å². The maximum Gasteiger partial charge on any atom is 0.144 e. The Morgan fingerprint density at radius 2 is 2.11 bits per heavy atom. The van der Waals surface area contributed by atoms with Gasteiger partial charge >= 0.3 is 0 Å². The molecule has 0 atom stereocenters. The number of anilines is 3. The van der Waals surface area contributed by atoms with Gasteiger partial charge in [0.05, 0.1) is 22.5 Å². The van der Waals surface area contributed by atoms with Crippen LogP contribution < -0.4 is 15.8 Å². The number of nitrogen functional groups attached to an aromatic ring is 1. The summed E-state index contributed by atoms with van der Waals surface area (Å²) in [5.41, 5.74) is 7.90. The van der Waals surface area contributed by atoms with Crippen molar-refractivity contribution >= 4 is 35.1 Å². The van der Waals surface area contributed by atoms with Crippen LogP contribution in [0, 0.1) is 0 Å². The first-order valence-electron chi connectivity index (χ1n) is 7.93. The Hall–Kier alpha value is -3.39. The first kappa shape index (κ1) is 18.4. The molecule has 3 aromatic rings. The molecule has 2 aromatic heterocycles. The zero-order valence-electron chi connectivity index (χ0n) is 14.5. The third-order valence-electron chi connectivity index (χ3n) is 3.50. The number of rotatable bonds is 7. The molecule has 0 spiro atoms. The van der Waals surface area contributed by atoms with Gasteiger partial charge in [-0.05, 0) is 30.3 Å². The van der Waals surface area contributed by atoms with Gasteiger partial charge in [-0.25, -0.2) is 9.97 Å². The number of ether oxygens (including phenoxy) is 1. The molecule has 2 heterocycles. The number of nitrogens with two attached hydrogens (primary N) is 1. The number of pyridine rings is 1. The van der Waals surface area contributed by atoms with E-state index in [4.69, 9.17) is 26.9 Å². The summed E-state index contributed by atoms with van der Waals surface area (Å²) in [6.07, 6.45) is 4.50. The van der Waals surface area contributed by atoms with Gasteiger partial charge in [0, 0.05) is 11.9 Å². The second kappa shape index (κ2) is 8.81. The molecular formula is C18H17ClN6O2. The number of halogens is 1. The molecule has 0 amide bonds. The second-order valence-electron chi connectivity index (χ2n) is 5.32. The van der Waals surface area contributed by atoms with E-state index in [-0.39, 0.29) is 5.82 Å². The third kappa shape index (κ3) is 4.83. The Labute approximate surface area is 161 Å². The lowest BCUT2D eigenvalue weighted by atomic mass is 10.2. The smallest absolute Gasteiger partial charge is 0.144 e. The van der Waals surface area contributed by atoms with Crippen LogP contribution in [0.4, 0.5) is 17.3 Å². The van der Waals surface area contributed by atoms with Gasteiger partial charge in [-0.1, -0.05) is 22.8 Å². The fraction of sp³-hybridized carbons (Fsp3) is 0.111.